The van der Waals surface area contributed by atoms with Crippen molar-refractivity contribution in [2.75, 3.05) is 0 Å². The molecule has 0 aliphatic carbocycles. The quantitative estimate of drug-likeness (QED) is 0.527. The van der Waals surface area contributed by atoms with Crippen LogP contribution in [0, 0.1) is 0 Å². The Morgan fingerprint density at radius 1 is 0.750 bits per heavy atom. The number of nitrogens with zero attached hydrogens (tertiary/aromatic N) is 1. The minimum absolute atomic E-state index is 1.00. The zero-order valence-electron chi connectivity index (χ0n) is 15.5. The molecule has 0 saturated heterocycles. The average Bonchev–Trinajstić information content (AvgIpc) is 2.55. The van der Waals surface area contributed by atoms with Gasteiger partial charge in [0, 0.05) is 11.4 Å². The van der Waals surface area contributed by atoms with Crippen molar-refractivity contribution in [2.24, 2.45) is 0 Å². The molecule has 0 N–H and O–H groups in total. The molecular formula is C23H29N. The summed E-state index contributed by atoms with van der Waals surface area (Å²) in [5.74, 6) is 0. The normalized spacial score (nSPS) is 10.3. The van der Waals surface area contributed by atoms with Gasteiger partial charge in [-0.2, -0.15) is 0 Å². The van der Waals surface area contributed by atoms with E-state index in [4.69, 9.17) is 4.98 Å². The Morgan fingerprint density at radius 2 is 1.25 bits per heavy atom. The van der Waals surface area contributed by atoms with Crippen molar-refractivity contribution in [1.82, 2.24) is 4.98 Å². The average molecular weight is 319 g/mol. The van der Waals surface area contributed by atoms with Crippen LogP contribution in [0.25, 0.3) is 11.1 Å². The first-order chi connectivity index (χ1) is 11.5. The van der Waals surface area contributed by atoms with Crippen LogP contribution in [0.2, 0.25) is 0 Å². The number of pyridine rings is 1. The molecule has 0 spiro atoms. The Bertz CT molecular complexity index is 660. The lowest BCUT2D eigenvalue weighted by molar-refractivity contribution is 0.875. The first-order valence-corrected chi connectivity index (χ1v) is 8.86. The molecule has 1 nitrogen and oxygen atoms in total. The summed E-state index contributed by atoms with van der Waals surface area (Å²) in [6.45, 7) is 8.61. The van der Waals surface area contributed by atoms with Crippen molar-refractivity contribution in [3.63, 3.8) is 0 Å². The Labute approximate surface area is 147 Å². The fraction of sp³-hybridized carbons (Fsp3) is 0.348. The van der Waals surface area contributed by atoms with Gasteiger partial charge in [0.2, 0.25) is 0 Å². The Hall–Kier alpha value is -2.15. The number of allylic oxidation sites excluding steroid dienone is 4. The summed E-state index contributed by atoms with van der Waals surface area (Å²) in [6.07, 6.45) is 8.70. The predicted molar refractivity (Wildman–Crippen MR) is 105 cm³/mol. The molecule has 0 amide bonds. The highest BCUT2D eigenvalue weighted by Gasteiger charge is 2.05. The van der Waals surface area contributed by atoms with Gasteiger partial charge in [0.1, 0.15) is 0 Å². The Morgan fingerprint density at radius 3 is 1.71 bits per heavy atom. The van der Waals surface area contributed by atoms with Gasteiger partial charge in [-0.1, -0.05) is 53.6 Å². The highest BCUT2D eigenvalue weighted by atomic mass is 14.7. The minimum Gasteiger partial charge on any atom is -0.258 e. The third-order valence-corrected chi connectivity index (χ3v) is 3.94. The molecule has 1 heteroatoms. The highest BCUT2D eigenvalue weighted by Crippen LogP contribution is 2.22. The molecule has 2 rings (SSSR count). The van der Waals surface area contributed by atoms with E-state index in [0.717, 1.165) is 25.7 Å². The van der Waals surface area contributed by atoms with Gasteiger partial charge in [-0.25, -0.2) is 0 Å². The lowest BCUT2D eigenvalue weighted by Gasteiger charge is -2.09. The summed E-state index contributed by atoms with van der Waals surface area (Å²) >= 11 is 0. The van der Waals surface area contributed by atoms with Gasteiger partial charge in [0.05, 0.1) is 0 Å². The van der Waals surface area contributed by atoms with Crippen LogP contribution in [0.5, 0.6) is 0 Å². The summed E-state index contributed by atoms with van der Waals surface area (Å²) < 4.78 is 0. The van der Waals surface area contributed by atoms with E-state index in [2.05, 4.69) is 82.3 Å². The van der Waals surface area contributed by atoms with E-state index in [-0.39, 0.29) is 0 Å². The van der Waals surface area contributed by atoms with E-state index in [9.17, 15) is 0 Å². The molecule has 0 aliphatic rings. The van der Waals surface area contributed by atoms with Crippen LogP contribution in [0.3, 0.4) is 0 Å². The lowest BCUT2D eigenvalue weighted by Crippen LogP contribution is -1.97. The fourth-order valence-electron chi connectivity index (χ4n) is 2.72. The number of benzene rings is 1. The van der Waals surface area contributed by atoms with E-state index in [1.807, 2.05) is 0 Å². The van der Waals surface area contributed by atoms with Crippen molar-refractivity contribution in [2.45, 2.75) is 53.4 Å². The molecule has 1 heterocycles. The molecule has 1 aromatic carbocycles. The molecule has 0 saturated carbocycles. The molecule has 2 aromatic rings. The number of hydrogen-bond acceptors (Lipinski definition) is 1. The number of aromatic nitrogens is 1. The van der Waals surface area contributed by atoms with Gasteiger partial charge in [-0.15, -0.1) is 0 Å². The third kappa shape index (κ3) is 6.16. The van der Waals surface area contributed by atoms with E-state index in [0.29, 0.717) is 0 Å². The van der Waals surface area contributed by atoms with Crippen LogP contribution < -0.4 is 0 Å². The molecule has 1 aromatic heterocycles. The monoisotopic (exact) mass is 319 g/mol. The molecule has 0 fully saturated rings. The predicted octanol–water partition coefficient (Wildman–Crippen LogP) is 6.55. The molecule has 24 heavy (non-hydrogen) atoms. The van der Waals surface area contributed by atoms with Gasteiger partial charge in [-0.3, -0.25) is 4.98 Å². The van der Waals surface area contributed by atoms with Crippen molar-refractivity contribution < 1.29 is 0 Å². The second-order valence-electron chi connectivity index (χ2n) is 6.84. The molecule has 0 unspecified atom stereocenters. The second-order valence-corrected chi connectivity index (χ2v) is 6.84. The van der Waals surface area contributed by atoms with Crippen LogP contribution in [-0.4, -0.2) is 4.98 Å². The molecular weight excluding hydrogens is 290 g/mol. The number of rotatable bonds is 7. The summed E-state index contributed by atoms with van der Waals surface area (Å²) in [4.78, 5) is 4.89. The first kappa shape index (κ1) is 18.2. The molecule has 126 valence electrons. The minimum atomic E-state index is 1.00. The maximum absolute atomic E-state index is 4.89. The largest absolute Gasteiger partial charge is 0.258 e. The van der Waals surface area contributed by atoms with E-state index in [1.54, 1.807) is 0 Å². The highest BCUT2D eigenvalue weighted by molar-refractivity contribution is 5.64. The lowest BCUT2D eigenvalue weighted by atomic mass is 10.0. The summed E-state index contributed by atoms with van der Waals surface area (Å²) in [5.41, 5.74) is 7.69. The van der Waals surface area contributed by atoms with Gasteiger partial charge in [0.15, 0.2) is 0 Å². The maximum Gasteiger partial charge on any atom is 0.0416 e. The van der Waals surface area contributed by atoms with Gasteiger partial charge < -0.3 is 0 Å². The standard InChI is InChI=1S/C23H29N/c1-18(2)10-8-14-22-16-21(20-12-6-5-7-13-20)17-23(24-22)15-9-11-19(3)4/h5-7,10-13,16-17H,8-9,14-15H2,1-4H3. The molecule has 0 atom stereocenters. The van der Waals surface area contributed by atoms with Crippen molar-refractivity contribution >= 4 is 0 Å². The Kier molecular flexibility index (Phi) is 6.99. The van der Waals surface area contributed by atoms with Crippen LogP contribution in [0.1, 0.15) is 51.9 Å². The number of aryl methyl sites for hydroxylation is 2. The van der Waals surface area contributed by atoms with E-state index >= 15 is 0 Å². The van der Waals surface area contributed by atoms with Crippen molar-refractivity contribution in [1.29, 1.82) is 0 Å². The molecule has 0 radical (unpaired) electrons. The summed E-state index contributed by atoms with van der Waals surface area (Å²) in [6, 6.07) is 15.1. The van der Waals surface area contributed by atoms with E-state index < -0.39 is 0 Å². The third-order valence-electron chi connectivity index (χ3n) is 3.94. The van der Waals surface area contributed by atoms with Gasteiger partial charge >= 0.3 is 0 Å². The SMILES string of the molecule is CC(C)=CCCc1cc(-c2ccccc2)cc(CCC=C(C)C)n1. The smallest absolute Gasteiger partial charge is 0.0416 e. The van der Waals surface area contributed by atoms with Crippen molar-refractivity contribution in [3.8, 4) is 11.1 Å². The maximum atomic E-state index is 4.89. The van der Waals surface area contributed by atoms with Crippen LogP contribution in [-0.2, 0) is 12.8 Å². The van der Waals surface area contributed by atoms with Crippen molar-refractivity contribution in [3.05, 3.63) is 77.2 Å². The first-order valence-electron chi connectivity index (χ1n) is 8.86. The zero-order valence-corrected chi connectivity index (χ0v) is 15.5. The van der Waals surface area contributed by atoms with Crippen LogP contribution >= 0.6 is 0 Å². The zero-order chi connectivity index (χ0) is 17.4. The number of hydrogen-bond donors (Lipinski definition) is 0. The molecule has 0 bridgehead atoms. The summed E-state index contributed by atoms with van der Waals surface area (Å²) in [5, 5.41) is 0. The van der Waals surface area contributed by atoms with Crippen LogP contribution in [0.15, 0.2) is 65.8 Å². The topological polar surface area (TPSA) is 12.9 Å². The van der Waals surface area contributed by atoms with Gasteiger partial charge in [-0.05, 0) is 76.6 Å². The van der Waals surface area contributed by atoms with Gasteiger partial charge in [0.25, 0.3) is 0 Å². The molecule has 0 aliphatic heterocycles. The Balaban J connectivity index is 2.25. The second kappa shape index (κ2) is 9.22. The van der Waals surface area contributed by atoms with Crippen LogP contribution in [0.4, 0.5) is 0 Å². The van der Waals surface area contributed by atoms with E-state index in [1.165, 1.54) is 33.7 Å². The summed E-state index contributed by atoms with van der Waals surface area (Å²) in [7, 11) is 0. The fourth-order valence-corrected chi connectivity index (χ4v) is 2.72.